The van der Waals surface area contributed by atoms with Crippen molar-refractivity contribution in [1.82, 2.24) is 14.5 Å². The molecule has 5 heteroatoms. The van der Waals surface area contributed by atoms with Gasteiger partial charge in [0.1, 0.15) is 5.82 Å². The van der Waals surface area contributed by atoms with Crippen molar-refractivity contribution in [2.24, 2.45) is 0 Å². The third kappa shape index (κ3) is 3.93. The van der Waals surface area contributed by atoms with Gasteiger partial charge < -0.3 is 0 Å². The topological polar surface area (TPSA) is 30.7 Å². The Morgan fingerprint density at radius 1 is 0.490 bits per heavy atom. The van der Waals surface area contributed by atoms with Crippen LogP contribution in [0.4, 0.5) is 0 Å². The molecule has 0 unspecified atom stereocenters. The van der Waals surface area contributed by atoms with Gasteiger partial charge in [-0.2, -0.15) is 0 Å². The highest BCUT2D eigenvalue weighted by Gasteiger charge is 2.52. The second-order valence-electron chi connectivity index (χ2n) is 13.3. The summed E-state index contributed by atoms with van der Waals surface area (Å²) in [6.45, 7) is 0. The maximum absolute atomic E-state index is 5.70. The van der Waals surface area contributed by atoms with Crippen LogP contribution in [0, 0.1) is 0 Å². The SMILES string of the molecule is c1ccc(-c2nc3c(c(-n4c5ccccc5c5c6sc7ccccc7c6ccc54)n2)[Si](c2ccccc2)(c2ccccc2)c2ccccc2-3)cc1. The van der Waals surface area contributed by atoms with Gasteiger partial charge in [-0.25, -0.2) is 9.97 Å². The largest absolute Gasteiger partial charge is 0.294 e. The predicted octanol–water partition coefficient (Wildman–Crippen LogP) is 8.97. The minimum absolute atomic E-state index is 0.735. The number of hydrogen-bond acceptors (Lipinski definition) is 3. The van der Waals surface area contributed by atoms with E-state index in [0.29, 0.717) is 0 Å². The first-order chi connectivity index (χ1) is 25.3. The van der Waals surface area contributed by atoms with Gasteiger partial charge in [-0.1, -0.05) is 158 Å². The van der Waals surface area contributed by atoms with E-state index in [1.165, 1.54) is 57.3 Å². The number of nitrogens with zero attached hydrogens (tertiary/aromatic N) is 3. The highest BCUT2D eigenvalue weighted by Crippen LogP contribution is 2.43. The molecular weight excluding hydrogens is 655 g/mol. The highest BCUT2D eigenvalue weighted by atomic mass is 32.1. The summed E-state index contributed by atoms with van der Waals surface area (Å²) >= 11 is 1.89. The highest BCUT2D eigenvalue weighted by molar-refractivity contribution is 7.27. The maximum atomic E-state index is 5.70. The van der Waals surface area contributed by atoms with Gasteiger partial charge in [0.2, 0.25) is 0 Å². The van der Waals surface area contributed by atoms with E-state index in [4.69, 9.17) is 9.97 Å². The van der Waals surface area contributed by atoms with Gasteiger partial charge in [0.05, 0.1) is 16.7 Å². The Kier molecular flexibility index (Phi) is 6.14. The lowest BCUT2D eigenvalue weighted by atomic mass is 10.1. The Morgan fingerprint density at radius 3 is 1.88 bits per heavy atom. The molecule has 3 aromatic heterocycles. The molecule has 0 spiro atoms. The summed E-state index contributed by atoms with van der Waals surface area (Å²) in [6.07, 6.45) is 0. The van der Waals surface area contributed by atoms with E-state index >= 15 is 0 Å². The van der Waals surface area contributed by atoms with E-state index in [0.717, 1.165) is 33.9 Å². The molecule has 0 bridgehead atoms. The molecule has 10 aromatic rings. The standard InChI is InChI=1S/C46H29N3SSi/c1-4-16-30(17-5-1)45-47-42-36-24-12-15-27-40(36)51(31-18-6-2-7-19-31,32-20-8-3-9-21-32)44(42)46(48-45)49-37-25-13-10-23-35(37)41-38(49)29-28-34-33-22-11-14-26-39(33)50-43(34)41/h1-29H. The molecule has 0 atom stereocenters. The van der Waals surface area contributed by atoms with Crippen molar-refractivity contribution >= 4 is 82.1 Å². The molecule has 238 valence electrons. The van der Waals surface area contributed by atoms with Gasteiger partial charge in [0.25, 0.3) is 0 Å². The van der Waals surface area contributed by atoms with Crippen LogP contribution in [0.3, 0.4) is 0 Å². The summed E-state index contributed by atoms with van der Waals surface area (Å²) in [6, 6.07) is 64.0. The lowest BCUT2D eigenvalue weighted by Crippen LogP contribution is -2.73. The molecule has 3 nitrogen and oxygen atoms in total. The summed E-state index contributed by atoms with van der Waals surface area (Å²) in [5.74, 6) is 1.69. The summed E-state index contributed by atoms with van der Waals surface area (Å²) in [7, 11) is -2.95. The van der Waals surface area contributed by atoms with Crippen LogP contribution in [0.1, 0.15) is 0 Å². The van der Waals surface area contributed by atoms with Crippen LogP contribution in [0.25, 0.3) is 70.4 Å². The van der Waals surface area contributed by atoms with Crippen molar-refractivity contribution in [2.45, 2.75) is 0 Å². The van der Waals surface area contributed by atoms with Crippen LogP contribution >= 0.6 is 11.3 Å². The maximum Gasteiger partial charge on any atom is 0.187 e. The lowest BCUT2D eigenvalue weighted by molar-refractivity contribution is 1.06. The number of hydrogen-bond donors (Lipinski definition) is 0. The van der Waals surface area contributed by atoms with Gasteiger partial charge >= 0.3 is 0 Å². The molecule has 7 aromatic carbocycles. The Balaban J connectivity index is 1.37. The fraction of sp³-hybridized carbons (Fsp3) is 0. The smallest absolute Gasteiger partial charge is 0.187 e. The van der Waals surface area contributed by atoms with Crippen molar-refractivity contribution in [2.75, 3.05) is 0 Å². The summed E-state index contributed by atoms with van der Waals surface area (Å²) < 4.78 is 5.08. The normalized spacial score (nSPS) is 13.3. The van der Waals surface area contributed by atoms with E-state index < -0.39 is 8.07 Å². The fourth-order valence-electron chi connectivity index (χ4n) is 8.62. The second kappa shape index (κ2) is 10.9. The van der Waals surface area contributed by atoms with Gasteiger partial charge in [-0.15, -0.1) is 11.3 Å². The molecule has 0 radical (unpaired) electrons. The molecule has 0 aliphatic carbocycles. The van der Waals surface area contributed by atoms with E-state index in [9.17, 15) is 0 Å². The zero-order valence-electron chi connectivity index (χ0n) is 27.5. The number of thiophene rings is 1. The third-order valence-electron chi connectivity index (χ3n) is 10.7. The monoisotopic (exact) mass is 683 g/mol. The van der Waals surface area contributed by atoms with E-state index in [1.807, 2.05) is 11.3 Å². The first kappa shape index (κ1) is 28.7. The molecule has 0 amide bonds. The van der Waals surface area contributed by atoms with Crippen LogP contribution in [0.15, 0.2) is 176 Å². The minimum atomic E-state index is -2.95. The van der Waals surface area contributed by atoms with Gasteiger partial charge in [0, 0.05) is 47.3 Å². The predicted molar refractivity (Wildman–Crippen MR) is 217 cm³/mol. The van der Waals surface area contributed by atoms with Crippen LogP contribution in [0.5, 0.6) is 0 Å². The summed E-state index contributed by atoms with van der Waals surface area (Å²) in [4.78, 5) is 11.2. The minimum Gasteiger partial charge on any atom is -0.294 e. The molecule has 51 heavy (non-hydrogen) atoms. The number of benzene rings is 7. The molecular formula is C46H29N3SSi. The fourth-order valence-corrected chi connectivity index (χ4v) is 15.1. The number of para-hydroxylation sites is 1. The van der Waals surface area contributed by atoms with Crippen LogP contribution in [-0.2, 0) is 0 Å². The van der Waals surface area contributed by atoms with Gasteiger partial charge in [-0.05, 0) is 33.8 Å². The Morgan fingerprint density at radius 2 is 1.12 bits per heavy atom. The zero-order valence-corrected chi connectivity index (χ0v) is 29.3. The molecule has 4 heterocycles. The van der Waals surface area contributed by atoms with E-state index in [1.54, 1.807) is 0 Å². The van der Waals surface area contributed by atoms with Crippen LogP contribution in [0.2, 0.25) is 0 Å². The van der Waals surface area contributed by atoms with Crippen LogP contribution in [-0.4, -0.2) is 22.6 Å². The zero-order chi connectivity index (χ0) is 33.5. The molecule has 0 saturated heterocycles. The Labute approximate surface area is 299 Å². The molecule has 1 aliphatic heterocycles. The number of aromatic nitrogens is 3. The van der Waals surface area contributed by atoms with Crippen molar-refractivity contribution in [1.29, 1.82) is 0 Å². The van der Waals surface area contributed by atoms with E-state index in [2.05, 4.69) is 180 Å². The lowest BCUT2D eigenvalue weighted by Gasteiger charge is -2.32. The first-order valence-corrected chi connectivity index (χ1v) is 20.2. The molecule has 1 aliphatic rings. The molecule has 11 rings (SSSR count). The van der Waals surface area contributed by atoms with Gasteiger partial charge in [0.15, 0.2) is 13.9 Å². The Hall–Kier alpha value is -6.14. The quantitative estimate of drug-likeness (QED) is 0.174. The average molecular weight is 684 g/mol. The first-order valence-electron chi connectivity index (χ1n) is 17.3. The summed E-state index contributed by atoms with van der Waals surface area (Å²) in [5, 5.41) is 10.4. The third-order valence-corrected chi connectivity index (χ3v) is 16.7. The van der Waals surface area contributed by atoms with Crippen molar-refractivity contribution < 1.29 is 0 Å². The second-order valence-corrected chi connectivity index (χ2v) is 18.0. The van der Waals surface area contributed by atoms with Crippen molar-refractivity contribution in [3.8, 4) is 28.5 Å². The van der Waals surface area contributed by atoms with Gasteiger partial charge in [-0.3, -0.25) is 4.57 Å². The number of rotatable bonds is 4. The van der Waals surface area contributed by atoms with E-state index in [-0.39, 0.29) is 0 Å². The van der Waals surface area contributed by atoms with Crippen molar-refractivity contribution in [3.63, 3.8) is 0 Å². The number of fused-ring (bicyclic) bond motifs is 10. The Bertz CT molecular complexity index is 2930. The molecule has 0 saturated carbocycles. The van der Waals surface area contributed by atoms with Crippen molar-refractivity contribution in [3.05, 3.63) is 176 Å². The summed E-state index contributed by atoms with van der Waals surface area (Å²) in [5.41, 5.74) is 5.54. The average Bonchev–Trinajstić information content (AvgIpc) is 3.85. The molecule has 0 fully saturated rings. The van der Waals surface area contributed by atoms with Crippen LogP contribution < -0.4 is 20.7 Å². The molecule has 0 N–H and O–H groups in total.